The summed E-state index contributed by atoms with van der Waals surface area (Å²) in [5, 5.41) is 4.83. The summed E-state index contributed by atoms with van der Waals surface area (Å²) in [5.41, 5.74) is 1.10. The quantitative estimate of drug-likeness (QED) is 0.594. The van der Waals surface area contributed by atoms with Gasteiger partial charge in [-0.25, -0.2) is 0 Å². The van der Waals surface area contributed by atoms with E-state index >= 15 is 0 Å². The molecule has 0 spiro atoms. The first kappa shape index (κ1) is 17.9. The van der Waals surface area contributed by atoms with Crippen LogP contribution in [0.2, 0.25) is 5.02 Å². The van der Waals surface area contributed by atoms with Gasteiger partial charge in [-0.2, -0.15) is 4.57 Å². The van der Waals surface area contributed by atoms with Crippen molar-refractivity contribution < 1.29 is 4.57 Å². The van der Waals surface area contributed by atoms with E-state index in [1.807, 2.05) is 55.4 Å². The zero-order chi connectivity index (χ0) is 18.4. The summed E-state index contributed by atoms with van der Waals surface area (Å²) in [7, 11) is 4.00. The van der Waals surface area contributed by atoms with Gasteiger partial charge in [0.25, 0.3) is 10.6 Å². The van der Waals surface area contributed by atoms with Crippen LogP contribution in [0.3, 0.4) is 0 Å². The number of fused-ring (bicyclic) bond motifs is 1. The molecule has 1 aliphatic rings. The lowest BCUT2D eigenvalue weighted by atomic mass is 10.3. The Kier molecular flexibility index (Phi) is 4.73. The molecule has 0 atom stereocenters. The SMILES string of the molecule is CCn1c(=O)/c(=C2\Sc3c(Cl)cccc3N2C)s/c1=C\c1scc[n+]1C. The van der Waals surface area contributed by atoms with E-state index in [2.05, 4.69) is 15.5 Å². The Hall–Kier alpha value is -1.54. The standard InChI is InChI=1S/C18H17ClN3OS3/c1-4-22-14(10-13-20(2)8-9-24-13)25-16(17(22)23)18-21(3)12-7-5-6-11(19)15(12)26-18/h5-10H,4H2,1-3H3/q+1/b18-16+. The largest absolute Gasteiger partial charge is 0.337 e. The van der Waals surface area contributed by atoms with Crippen LogP contribution in [-0.4, -0.2) is 11.6 Å². The van der Waals surface area contributed by atoms with Gasteiger partial charge in [-0.15, -0.1) is 11.3 Å². The Balaban J connectivity index is 1.96. The molecule has 0 amide bonds. The topological polar surface area (TPSA) is 29.1 Å². The number of thiazole rings is 2. The van der Waals surface area contributed by atoms with Crippen LogP contribution >= 0.6 is 46.0 Å². The third-order valence-electron chi connectivity index (χ3n) is 4.30. The highest BCUT2D eigenvalue weighted by Gasteiger charge is 2.26. The molecule has 0 aliphatic carbocycles. The zero-order valence-corrected chi connectivity index (χ0v) is 17.7. The summed E-state index contributed by atoms with van der Waals surface area (Å²) >= 11 is 11.1. The number of aromatic nitrogens is 2. The molecule has 26 heavy (non-hydrogen) atoms. The van der Waals surface area contributed by atoms with Crippen molar-refractivity contribution in [2.24, 2.45) is 7.05 Å². The first-order valence-corrected chi connectivity index (χ1v) is 11.0. The second-order valence-electron chi connectivity index (χ2n) is 5.87. The minimum Gasteiger partial charge on any atom is -0.337 e. The first-order valence-electron chi connectivity index (χ1n) is 8.10. The summed E-state index contributed by atoms with van der Waals surface area (Å²) in [5.74, 6) is 0. The number of hydrogen-bond acceptors (Lipinski definition) is 5. The monoisotopic (exact) mass is 422 g/mol. The van der Waals surface area contributed by atoms with E-state index in [1.54, 1.807) is 34.4 Å². The number of anilines is 1. The van der Waals surface area contributed by atoms with Gasteiger partial charge in [0.1, 0.15) is 21.3 Å². The van der Waals surface area contributed by atoms with Crippen LogP contribution in [0.15, 0.2) is 39.5 Å². The molecule has 0 bridgehead atoms. The van der Waals surface area contributed by atoms with Crippen LogP contribution in [0, 0.1) is 0 Å². The van der Waals surface area contributed by atoms with Crippen LogP contribution in [0.4, 0.5) is 5.69 Å². The van der Waals surface area contributed by atoms with E-state index in [-0.39, 0.29) is 5.56 Å². The van der Waals surface area contributed by atoms with E-state index in [4.69, 9.17) is 11.6 Å². The summed E-state index contributed by atoms with van der Waals surface area (Å²) in [6, 6.07) is 5.86. The Bertz CT molecular complexity index is 1180. The Labute approximate surface area is 168 Å². The van der Waals surface area contributed by atoms with Gasteiger partial charge in [0.2, 0.25) is 0 Å². The fourth-order valence-corrected chi connectivity index (χ4v) is 6.50. The number of aryl methyl sites for hydroxylation is 1. The lowest BCUT2D eigenvalue weighted by Crippen LogP contribution is -2.34. The predicted octanol–water partition coefficient (Wildman–Crippen LogP) is 2.61. The summed E-state index contributed by atoms with van der Waals surface area (Å²) in [4.78, 5) is 16.1. The van der Waals surface area contributed by atoms with E-state index in [0.717, 1.165) is 34.8 Å². The maximum atomic E-state index is 13.1. The molecule has 1 aliphatic heterocycles. The zero-order valence-electron chi connectivity index (χ0n) is 14.5. The van der Waals surface area contributed by atoms with Gasteiger partial charge in [-0.1, -0.05) is 40.8 Å². The van der Waals surface area contributed by atoms with E-state index in [0.29, 0.717) is 6.54 Å². The summed E-state index contributed by atoms with van der Waals surface area (Å²) in [6.07, 6.45) is 4.11. The normalized spacial score (nSPS) is 16.5. The third-order valence-corrected chi connectivity index (χ3v) is 8.19. The predicted molar refractivity (Wildman–Crippen MR) is 112 cm³/mol. The molecule has 0 unspecified atom stereocenters. The molecule has 134 valence electrons. The van der Waals surface area contributed by atoms with E-state index in [1.165, 1.54) is 0 Å². The summed E-state index contributed by atoms with van der Waals surface area (Å²) < 4.78 is 5.63. The van der Waals surface area contributed by atoms with Crippen molar-refractivity contribution in [3.8, 4) is 0 Å². The second kappa shape index (κ2) is 6.88. The minimum atomic E-state index is 0.0567. The second-order valence-corrected chi connectivity index (χ2v) is 9.23. The lowest BCUT2D eigenvalue weighted by Gasteiger charge is -2.12. The summed E-state index contributed by atoms with van der Waals surface area (Å²) in [6.45, 7) is 2.65. The van der Waals surface area contributed by atoms with Gasteiger partial charge >= 0.3 is 0 Å². The molecular weight excluding hydrogens is 406 g/mol. The van der Waals surface area contributed by atoms with Crippen molar-refractivity contribution in [3.63, 3.8) is 0 Å². The van der Waals surface area contributed by atoms with Gasteiger partial charge in [-0.05, 0) is 19.1 Å². The molecule has 2 aromatic heterocycles. The molecular formula is C18H17ClN3OS3+. The third kappa shape index (κ3) is 2.83. The van der Waals surface area contributed by atoms with E-state index < -0.39 is 0 Å². The van der Waals surface area contributed by atoms with Gasteiger partial charge in [-0.3, -0.25) is 9.36 Å². The van der Waals surface area contributed by atoms with Gasteiger partial charge in [0.05, 0.1) is 27.1 Å². The van der Waals surface area contributed by atoms with Crippen molar-refractivity contribution in [2.75, 3.05) is 11.9 Å². The van der Waals surface area contributed by atoms with Gasteiger partial charge in [0, 0.05) is 13.6 Å². The van der Waals surface area contributed by atoms with Crippen molar-refractivity contribution in [3.05, 3.63) is 59.4 Å². The van der Waals surface area contributed by atoms with Crippen molar-refractivity contribution in [2.45, 2.75) is 18.4 Å². The van der Waals surface area contributed by atoms with Crippen molar-refractivity contribution in [1.29, 1.82) is 0 Å². The number of thioether (sulfide) groups is 1. The molecule has 3 aromatic rings. The molecule has 4 nitrogen and oxygen atoms in total. The molecule has 0 saturated heterocycles. The molecule has 4 rings (SSSR count). The number of benzene rings is 1. The van der Waals surface area contributed by atoms with Crippen LogP contribution < -0.4 is 24.2 Å². The Morgan fingerprint density at radius 3 is 2.81 bits per heavy atom. The highest BCUT2D eigenvalue weighted by Crippen LogP contribution is 2.48. The minimum absolute atomic E-state index is 0.0567. The Morgan fingerprint density at radius 2 is 2.15 bits per heavy atom. The molecule has 0 N–H and O–H groups in total. The van der Waals surface area contributed by atoms with Crippen molar-refractivity contribution in [1.82, 2.24) is 4.57 Å². The smallest absolute Gasteiger partial charge is 0.271 e. The molecule has 1 aromatic carbocycles. The van der Waals surface area contributed by atoms with Crippen LogP contribution in [0.25, 0.3) is 11.1 Å². The van der Waals surface area contributed by atoms with Crippen LogP contribution in [0.5, 0.6) is 0 Å². The molecule has 0 saturated carbocycles. The fourth-order valence-electron chi connectivity index (χ4n) is 2.89. The Morgan fingerprint density at radius 1 is 1.35 bits per heavy atom. The number of rotatable bonds is 2. The highest BCUT2D eigenvalue weighted by atomic mass is 35.5. The van der Waals surface area contributed by atoms with Crippen LogP contribution in [-0.2, 0) is 13.6 Å². The average Bonchev–Trinajstić information content (AvgIpc) is 3.26. The highest BCUT2D eigenvalue weighted by molar-refractivity contribution is 8.08. The van der Waals surface area contributed by atoms with Gasteiger partial charge in [0.15, 0.2) is 6.20 Å². The number of hydrogen-bond donors (Lipinski definition) is 0. The molecule has 8 heteroatoms. The maximum absolute atomic E-state index is 13.1. The molecule has 0 fully saturated rings. The maximum Gasteiger partial charge on any atom is 0.271 e. The number of nitrogens with zero attached hydrogens (tertiary/aromatic N) is 3. The molecule has 3 heterocycles. The van der Waals surface area contributed by atoms with Crippen molar-refractivity contribution >= 4 is 62.8 Å². The molecule has 0 radical (unpaired) electrons. The fraction of sp³-hybridized carbons (Fsp3) is 0.222. The van der Waals surface area contributed by atoms with Gasteiger partial charge < -0.3 is 4.90 Å². The number of halogens is 1. The lowest BCUT2D eigenvalue weighted by molar-refractivity contribution is -0.668. The first-order chi connectivity index (χ1) is 12.5. The van der Waals surface area contributed by atoms with Crippen LogP contribution in [0.1, 0.15) is 11.9 Å². The average molecular weight is 423 g/mol. The van der Waals surface area contributed by atoms with E-state index in [9.17, 15) is 4.79 Å².